The highest BCUT2D eigenvalue weighted by molar-refractivity contribution is 7.88. The summed E-state index contributed by atoms with van der Waals surface area (Å²) in [5, 5.41) is 0. The van der Waals surface area contributed by atoms with E-state index in [1.54, 1.807) is 0 Å². The van der Waals surface area contributed by atoms with Crippen molar-refractivity contribution in [1.82, 2.24) is 0 Å². The molecule has 4 unspecified atom stereocenters. The van der Waals surface area contributed by atoms with Crippen LogP contribution in [0.3, 0.4) is 0 Å². The highest BCUT2D eigenvalue weighted by Crippen LogP contribution is 2.37. The summed E-state index contributed by atoms with van der Waals surface area (Å²) >= 11 is 0. The summed E-state index contributed by atoms with van der Waals surface area (Å²) in [7, 11) is -9.24. The molecule has 8 nitrogen and oxygen atoms in total. The van der Waals surface area contributed by atoms with Gasteiger partial charge in [-0.2, -0.15) is 0 Å². The fourth-order valence-corrected chi connectivity index (χ4v) is 7.65. The van der Waals surface area contributed by atoms with Gasteiger partial charge in [0.1, 0.15) is 0 Å². The first-order valence-corrected chi connectivity index (χ1v) is 16.1. The Morgan fingerprint density at radius 2 is 0.964 bits per heavy atom. The van der Waals surface area contributed by atoms with E-state index in [1.807, 2.05) is 27.7 Å². The zero-order valence-electron chi connectivity index (χ0n) is 17.5. The topological polar surface area (TPSA) is 161 Å². The van der Waals surface area contributed by atoms with Crippen molar-refractivity contribution in [3.63, 3.8) is 0 Å². The quantitative estimate of drug-likeness (QED) is 0.260. The first-order valence-electron chi connectivity index (χ1n) is 9.32. The normalized spacial score (nSPS) is 19.6. The van der Waals surface area contributed by atoms with E-state index in [9.17, 15) is 27.3 Å². The third-order valence-corrected chi connectivity index (χ3v) is 9.39. The van der Waals surface area contributed by atoms with Gasteiger partial charge in [-0.05, 0) is 36.5 Å². The number of hydrogen-bond acceptors (Lipinski definition) is 4. The Morgan fingerprint density at radius 3 is 1.21 bits per heavy atom. The van der Waals surface area contributed by atoms with E-state index in [-0.39, 0.29) is 23.2 Å². The maximum atomic E-state index is 12.2. The Balaban J connectivity index is 4.16. The van der Waals surface area contributed by atoms with Crippen LogP contribution in [0, 0.1) is 10.8 Å². The Hall–Kier alpha value is 0.600. The van der Waals surface area contributed by atoms with Crippen LogP contribution in [0.4, 0.5) is 0 Å². The summed E-state index contributed by atoms with van der Waals surface area (Å²) in [6.07, 6.45) is 2.34. The Bertz CT molecular complexity index is 577. The minimum absolute atomic E-state index is 0.0440. The molecule has 0 aliphatic carbocycles. The fourth-order valence-electron chi connectivity index (χ4n) is 2.35. The van der Waals surface area contributed by atoms with E-state index in [0.717, 1.165) is 0 Å². The van der Waals surface area contributed by atoms with Gasteiger partial charge in [-0.25, -0.2) is 0 Å². The summed E-state index contributed by atoms with van der Waals surface area (Å²) in [6, 6.07) is 0. The van der Waals surface area contributed by atoms with Crippen LogP contribution in [-0.2, 0) is 30.7 Å². The molecule has 0 aromatic heterocycles. The van der Waals surface area contributed by atoms with Gasteiger partial charge in [-0.15, -0.1) is 0 Å². The molecule has 0 aromatic carbocycles. The van der Waals surface area contributed by atoms with E-state index < -0.39 is 36.6 Å². The molecule has 12 heteroatoms. The van der Waals surface area contributed by atoms with Crippen LogP contribution in [0.2, 0.25) is 0 Å². The smallest absolute Gasteiger partial charge is 0.264 e. The summed E-state index contributed by atoms with van der Waals surface area (Å²) < 4.78 is 46.8. The lowest BCUT2D eigenvalue weighted by Crippen LogP contribution is -2.22. The Kier molecular flexibility index (Phi) is 12.1. The van der Waals surface area contributed by atoms with Crippen LogP contribution in [0.5, 0.6) is 0 Å². The molecule has 0 bridgehead atoms. The van der Waals surface area contributed by atoms with Crippen molar-refractivity contribution in [2.75, 3.05) is 35.3 Å². The van der Waals surface area contributed by atoms with Crippen LogP contribution < -0.4 is 11.0 Å². The van der Waals surface area contributed by atoms with Gasteiger partial charge in [0.15, 0.2) is 0 Å². The summed E-state index contributed by atoms with van der Waals surface area (Å²) in [4.78, 5) is 18.4. The van der Waals surface area contributed by atoms with Crippen molar-refractivity contribution >= 4 is 36.6 Å². The van der Waals surface area contributed by atoms with Crippen LogP contribution in [-0.4, -0.2) is 53.5 Å². The predicted octanol–water partition coefficient (Wildman–Crippen LogP) is 2.38. The average molecular weight is 481 g/mol. The zero-order valence-corrected chi connectivity index (χ0v) is 20.9. The molecule has 4 atom stereocenters. The monoisotopic (exact) mass is 480 g/mol. The molecule has 0 aliphatic heterocycles. The lowest BCUT2D eigenvalue weighted by Gasteiger charge is -2.25. The molecule has 0 radical (unpaired) electrons. The second-order valence-electron chi connectivity index (χ2n) is 8.98. The van der Waals surface area contributed by atoms with Gasteiger partial charge in [0.2, 0.25) is 0 Å². The number of rotatable bonds is 15. The molecule has 6 N–H and O–H groups in total. The van der Waals surface area contributed by atoms with E-state index in [2.05, 4.69) is 0 Å². The van der Waals surface area contributed by atoms with E-state index in [4.69, 9.17) is 11.0 Å². The molecular weight excluding hydrogens is 442 g/mol. The van der Waals surface area contributed by atoms with Crippen molar-refractivity contribution in [2.45, 2.75) is 53.4 Å². The van der Waals surface area contributed by atoms with Crippen LogP contribution in [0.15, 0.2) is 0 Å². The van der Waals surface area contributed by atoms with E-state index >= 15 is 0 Å². The minimum atomic E-state index is -3.52. The number of hydrogen-bond donors (Lipinski definition) is 4. The Labute approximate surface area is 174 Å². The molecule has 170 valence electrons. The number of nitrogens with two attached hydrogens (primary N) is 2. The van der Waals surface area contributed by atoms with Crippen LogP contribution >= 0.6 is 15.0 Å². The molecule has 0 saturated heterocycles. The van der Waals surface area contributed by atoms with Crippen LogP contribution in [0.1, 0.15) is 53.4 Å². The molecule has 0 aromatic rings. The highest BCUT2D eigenvalue weighted by Gasteiger charge is 2.24. The summed E-state index contributed by atoms with van der Waals surface area (Å²) in [5.74, 6) is 1.62. The fraction of sp³-hybridized carbons (Fsp3) is 1.00. The van der Waals surface area contributed by atoms with Crippen molar-refractivity contribution in [3.8, 4) is 0 Å². The second-order valence-corrected chi connectivity index (χ2v) is 16.3. The molecule has 0 rings (SSSR count). The maximum absolute atomic E-state index is 12.2. The van der Waals surface area contributed by atoms with Gasteiger partial charge >= 0.3 is 0 Å². The van der Waals surface area contributed by atoms with Gasteiger partial charge in [-0.3, -0.25) is 28.6 Å². The van der Waals surface area contributed by atoms with Gasteiger partial charge in [0, 0.05) is 56.9 Å². The Morgan fingerprint density at radius 1 is 0.679 bits per heavy atom. The standard InChI is InChI=1S/C16H38N2O6P2S2/c1-15(2,5-9-25(17,19)20)7-11-27(23)13-14-28(24)12-8-16(3,4)6-10-26(18,21)22/h5-14H2,1-4H3,(H3,17,19,20)(H3,18,21,22). The first-order chi connectivity index (χ1) is 12.4. The highest BCUT2D eigenvalue weighted by atomic mass is 32.2. The van der Waals surface area contributed by atoms with Gasteiger partial charge < -0.3 is 9.79 Å². The lowest BCUT2D eigenvalue weighted by atomic mass is 9.87. The molecule has 28 heavy (non-hydrogen) atoms. The van der Waals surface area contributed by atoms with Crippen molar-refractivity contribution < 1.29 is 27.3 Å². The first kappa shape index (κ1) is 28.6. The summed E-state index contributed by atoms with van der Waals surface area (Å²) in [6.45, 7) is 7.80. The second kappa shape index (κ2) is 11.8. The molecule has 0 saturated carbocycles. The SMILES string of the molecule is CC(C)(CCS(=O)CCS(=O)CCC(C)(C)CCP(N)(=O)O)CCP(N)(=O)O. The molecule has 0 heterocycles. The molecular formula is C16H38N2O6P2S2. The van der Waals surface area contributed by atoms with E-state index in [0.29, 0.717) is 48.7 Å². The largest absolute Gasteiger partial charge is 0.333 e. The van der Waals surface area contributed by atoms with Crippen molar-refractivity contribution in [3.05, 3.63) is 0 Å². The van der Waals surface area contributed by atoms with Gasteiger partial charge in [0.05, 0.1) is 0 Å². The third kappa shape index (κ3) is 17.5. The third-order valence-electron chi connectivity index (χ3n) is 4.77. The maximum Gasteiger partial charge on any atom is 0.264 e. The average Bonchev–Trinajstić information content (AvgIpc) is 2.52. The minimum Gasteiger partial charge on any atom is -0.333 e. The molecule has 0 fully saturated rings. The van der Waals surface area contributed by atoms with Gasteiger partial charge in [-0.1, -0.05) is 27.7 Å². The molecule has 0 aliphatic rings. The molecule has 0 amide bonds. The molecule has 0 spiro atoms. The van der Waals surface area contributed by atoms with Gasteiger partial charge in [0.25, 0.3) is 15.0 Å². The van der Waals surface area contributed by atoms with Crippen LogP contribution in [0.25, 0.3) is 0 Å². The lowest BCUT2D eigenvalue weighted by molar-refractivity contribution is 0.335. The van der Waals surface area contributed by atoms with E-state index in [1.165, 1.54) is 0 Å². The van der Waals surface area contributed by atoms with Crippen molar-refractivity contribution in [2.24, 2.45) is 21.8 Å². The predicted molar refractivity (Wildman–Crippen MR) is 120 cm³/mol. The summed E-state index contributed by atoms with van der Waals surface area (Å²) in [5.41, 5.74) is 9.87. The zero-order chi connectivity index (χ0) is 22.2. The van der Waals surface area contributed by atoms with Crippen molar-refractivity contribution in [1.29, 1.82) is 0 Å².